The van der Waals surface area contributed by atoms with Crippen molar-refractivity contribution in [2.45, 2.75) is 46.7 Å². The van der Waals surface area contributed by atoms with E-state index in [9.17, 15) is 4.79 Å². The van der Waals surface area contributed by atoms with Gasteiger partial charge in [0.15, 0.2) is 0 Å². The summed E-state index contributed by atoms with van der Waals surface area (Å²) in [5, 5.41) is 11.4. The number of anilines is 1. The molecule has 0 fully saturated rings. The van der Waals surface area contributed by atoms with Gasteiger partial charge in [-0.3, -0.25) is 4.79 Å². The SMILES string of the molecule is Cc1noc(C)c1C(C)Nc1cnn(C(C)C)c(=O)c1Br. The molecule has 0 amide bonds. The fraction of sp³-hybridized carbons (Fsp3) is 0.500. The summed E-state index contributed by atoms with van der Waals surface area (Å²) in [7, 11) is 0. The van der Waals surface area contributed by atoms with Gasteiger partial charge in [-0.25, -0.2) is 4.68 Å². The molecule has 0 aliphatic rings. The Morgan fingerprint density at radius 2 is 2.00 bits per heavy atom. The van der Waals surface area contributed by atoms with Gasteiger partial charge < -0.3 is 9.84 Å². The molecule has 2 heterocycles. The molecular formula is C14H19BrN4O2. The first-order valence-corrected chi connectivity index (χ1v) is 7.58. The molecule has 114 valence electrons. The molecule has 0 aromatic carbocycles. The van der Waals surface area contributed by atoms with Crippen LogP contribution >= 0.6 is 15.9 Å². The predicted molar refractivity (Wildman–Crippen MR) is 84.6 cm³/mol. The van der Waals surface area contributed by atoms with Gasteiger partial charge >= 0.3 is 0 Å². The van der Waals surface area contributed by atoms with Crippen molar-refractivity contribution in [2.75, 3.05) is 5.32 Å². The van der Waals surface area contributed by atoms with Crippen molar-refractivity contribution in [3.05, 3.63) is 38.0 Å². The normalized spacial score (nSPS) is 12.7. The fourth-order valence-electron chi connectivity index (χ4n) is 2.33. The van der Waals surface area contributed by atoms with Gasteiger partial charge in [0, 0.05) is 5.56 Å². The highest BCUT2D eigenvalue weighted by atomic mass is 79.9. The van der Waals surface area contributed by atoms with Crippen LogP contribution in [0.25, 0.3) is 0 Å². The number of aromatic nitrogens is 3. The van der Waals surface area contributed by atoms with Crippen LogP contribution in [0.1, 0.15) is 49.9 Å². The van der Waals surface area contributed by atoms with Crippen LogP contribution in [-0.2, 0) is 0 Å². The highest BCUT2D eigenvalue weighted by molar-refractivity contribution is 9.10. The van der Waals surface area contributed by atoms with Crippen molar-refractivity contribution >= 4 is 21.6 Å². The third-order valence-electron chi connectivity index (χ3n) is 3.33. The molecule has 0 aliphatic heterocycles. The number of halogens is 1. The number of nitrogens with zero attached hydrogens (tertiary/aromatic N) is 3. The Morgan fingerprint density at radius 3 is 2.52 bits per heavy atom. The third-order valence-corrected chi connectivity index (χ3v) is 4.09. The molecule has 6 nitrogen and oxygen atoms in total. The molecule has 7 heteroatoms. The minimum absolute atomic E-state index is 0.0165. The molecule has 1 unspecified atom stereocenters. The summed E-state index contributed by atoms with van der Waals surface area (Å²) in [6.45, 7) is 9.60. The average Bonchev–Trinajstić information content (AvgIpc) is 2.74. The molecule has 0 spiro atoms. The molecule has 1 atom stereocenters. The van der Waals surface area contributed by atoms with E-state index in [4.69, 9.17) is 4.52 Å². The standard InChI is InChI=1S/C14H19BrN4O2/c1-7(2)19-14(20)13(15)11(6-16-19)17-8(3)12-9(4)18-21-10(12)5/h6-8,17H,1-5H3. The summed E-state index contributed by atoms with van der Waals surface area (Å²) < 4.78 is 7.09. The molecule has 2 aromatic rings. The van der Waals surface area contributed by atoms with Crippen LogP contribution in [0.5, 0.6) is 0 Å². The number of nitrogens with one attached hydrogen (secondary N) is 1. The van der Waals surface area contributed by atoms with Crippen molar-refractivity contribution in [3.8, 4) is 0 Å². The van der Waals surface area contributed by atoms with Crippen molar-refractivity contribution < 1.29 is 4.52 Å². The molecule has 1 N–H and O–H groups in total. The highest BCUT2D eigenvalue weighted by Gasteiger charge is 2.18. The van der Waals surface area contributed by atoms with E-state index in [0.717, 1.165) is 17.0 Å². The van der Waals surface area contributed by atoms with E-state index >= 15 is 0 Å². The quantitative estimate of drug-likeness (QED) is 0.910. The molecule has 0 aliphatic carbocycles. The van der Waals surface area contributed by atoms with E-state index in [1.807, 2.05) is 34.6 Å². The van der Waals surface area contributed by atoms with Crippen LogP contribution in [0.4, 0.5) is 5.69 Å². The summed E-state index contributed by atoms with van der Waals surface area (Å²) in [6.07, 6.45) is 1.65. The van der Waals surface area contributed by atoms with E-state index in [0.29, 0.717) is 10.2 Å². The number of hydrogen-bond acceptors (Lipinski definition) is 5. The van der Waals surface area contributed by atoms with Gasteiger partial charge in [-0.05, 0) is 50.5 Å². The largest absolute Gasteiger partial charge is 0.376 e. The van der Waals surface area contributed by atoms with Crippen LogP contribution in [0.3, 0.4) is 0 Å². The first kappa shape index (κ1) is 15.8. The monoisotopic (exact) mass is 354 g/mol. The van der Waals surface area contributed by atoms with E-state index < -0.39 is 0 Å². The van der Waals surface area contributed by atoms with E-state index in [1.54, 1.807) is 6.20 Å². The van der Waals surface area contributed by atoms with Crippen LogP contribution in [0, 0.1) is 13.8 Å². The van der Waals surface area contributed by atoms with Crippen LogP contribution in [0.2, 0.25) is 0 Å². The topological polar surface area (TPSA) is 73.0 Å². The van der Waals surface area contributed by atoms with Gasteiger partial charge in [0.1, 0.15) is 10.2 Å². The lowest BCUT2D eigenvalue weighted by atomic mass is 10.1. The summed E-state index contributed by atoms with van der Waals surface area (Å²) in [4.78, 5) is 12.2. The molecule has 0 bridgehead atoms. The van der Waals surface area contributed by atoms with Gasteiger partial charge in [-0.15, -0.1) is 0 Å². The molecule has 2 rings (SSSR count). The highest BCUT2D eigenvalue weighted by Crippen LogP contribution is 2.27. The maximum atomic E-state index is 12.2. The van der Waals surface area contributed by atoms with Crippen LogP contribution < -0.4 is 10.9 Å². The van der Waals surface area contributed by atoms with Crippen LogP contribution in [-0.4, -0.2) is 14.9 Å². The van der Waals surface area contributed by atoms with Crippen molar-refractivity contribution in [1.29, 1.82) is 0 Å². The molecule has 2 aromatic heterocycles. The number of hydrogen-bond donors (Lipinski definition) is 1. The predicted octanol–water partition coefficient (Wildman–Crippen LogP) is 3.36. The Bertz CT molecular complexity index is 686. The van der Waals surface area contributed by atoms with Gasteiger partial charge in [0.25, 0.3) is 5.56 Å². The summed E-state index contributed by atoms with van der Waals surface area (Å²) in [6, 6.07) is -0.0218. The zero-order valence-corrected chi connectivity index (χ0v) is 14.4. The lowest BCUT2D eigenvalue weighted by Gasteiger charge is -2.17. The van der Waals surface area contributed by atoms with Crippen LogP contribution in [0.15, 0.2) is 20.0 Å². The van der Waals surface area contributed by atoms with Crippen molar-refractivity contribution in [1.82, 2.24) is 14.9 Å². The van der Waals surface area contributed by atoms with Gasteiger partial charge in [-0.2, -0.15) is 5.10 Å². The van der Waals surface area contributed by atoms with Crippen molar-refractivity contribution in [2.24, 2.45) is 0 Å². The second kappa shape index (κ2) is 6.01. The first-order chi connectivity index (χ1) is 9.82. The lowest BCUT2D eigenvalue weighted by Crippen LogP contribution is -2.26. The van der Waals surface area contributed by atoms with Crippen molar-refractivity contribution in [3.63, 3.8) is 0 Å². The van der Waals surface area contributed by atoms with E-state index in [1.165, 1.54) is 4.68 Å². The summed E-state index contributed by atoms with van der Waals surface area (Å²) in [5.74, 6) is 0.770. The minimum atomic E-state index is -0.152. The smallest absolute Gasteiger partial charge is 0.283 e. The van der Waals surface area contributed by atoms with E-state index in [2.05, 4.69) is 31.5 Å². The molecule has 0 saturated carbocycles. The second-order valence-corrected chi connectivity index (χ2v) is 6.11. The Kier molecular flexibility index (Phi) is 4.51. The second-order valence-electron chi connectivity index (χ2n) is 5.32. The Labute approximate surface area is 131 Å². The van der Waals surface area contributed by atoms with Gasteiger partial charge in [0.2, 0.25) is 0 Å². The molecule has 0 saturated heterocycles. The Hall–Kier alpha value is -1.63. The van der Waals surface area contributed by atoms with Gasteiger partial charge in [-0.1, -0.05) is 5.16 Å². The Morgan fingerprint density at radius 1 is 1.33 bits per heavy atom. The first-order valence-electron chi connectivity index (χ1n) is 6.79. The third kappa shape index (κ3) is 3.02. The summed E-state index contributed by atoms with van der Waals surface area (Å²) >= 11 is 3.35. The maximum Gasteiger partial charge on any atom is 0.283 e. The minimum Gasteiger partial charge on any atom is -0.376 e. The summed E-state index contributed by atoms with van der Waals surface area (Å²) in [5.41, 5.74) is 2.34. The lowest BCUT2D eigenvalue weighted by molar-refractivity contribution is 0.392. The van der Waals surface area contributed by atoms with Gasteiger partial charge in [0.05, 0.1) is 29.7 Å². The number of rotatable bonds is 4. The zero-order chi connectivity index (χ0) is 15.7. The average molecular weight is 355 g/mol. The molecular weight excluding hydrogens is 336 g/mol. The van der Waals surface area contributed by atoms with E-state index in [-0.39, 0.29) is 17.6 Å². The molecule has 0 radical (unpaired) electrons. The molecule has 21 heavy (non-hydrogen) atoms. The zero-order valence-electron chi connectivity index (χ0n) is 12.8. The number of aryl methyl sites for hydroxylation is 2. The Balaban J connectivity index is 2.33. The fourth-order valence-corrected chi connectivity index (χ4v) is 2.73. The maximum absolute atomic E-state index is 12.2.